The van der Waals surface area contributed by atoms with Crippen LogP contribution in [0.3, 0.4) is 0 Å². The Morgan fingerprint density at radius 2 is 1.76 bits per heavy atom. The number of rotatable bonds is 8. The van der Waals surface area contributed by atoms with Gasteiger partial charge in [-0.25, -0.2) is 0 Å². The number of nitriles is 1. The molecule has 1 heterocycles. The second kappa shape index (κ2) is 9.25. The number of hydrogen-bond donors (Lipinski definition) is 1. The Labute approximate surface area is 172 Å². The van der Waals surface area contributed by atoms with Crippen molar-refractivity contribution in [3.05, 3.63) is 82.7 Å². The molecule has 4 nitrogen and oxygen atoms in total. The third kappa shape index (κ3) is 4.41. The molecule has 0 spiro atoms. The molecule has 29 heavy (non-hydrogen) atoms. The van der Waals surface area contributed by atoms with Gasteiger partial charge in [0, 0.05) is 23.5 Å². The molecule has 2 aromatic carbocycles. The highest BCUT2D eigenvalue weighted by atomic mass is 16.1. The van der Waals surface area contributed by atoms with E-state index < -0.39 is 5.91 Å². The maximum absolute atomic E-state index is 12.4. The molecule has 1 aromatic heterocycles. The highest BCUT2D eigenvalue weighted by Crippen LogP contribution is 2.34. The van der Waals surface area contributed by atoms with Crippen molar-refractivity contribution in [1.29, 1.82) is 5.26 Å². The predicted octanol–water partition coefficient (Wildman–Crippen LogP) is 5.22. The summed E-state index contributed by atoms with van der Waals surface area (Å²) in [6.45, 7) is 4.86. The Kier molecular flexibility index (Phi) is 6.51. The summed E-state index contributed by atoms with van der Waals surface area (Å²) in [5, 5.41) is 9.12. The lowest BCUT2D eigenvalue weighted by molar-refractivity contribution is 0.1000. The van der Waals surface area contributed by atoms with Gasteiger partial charge in [0.15, 0.2) is 0 Å². The molecule has 0 saturated carbocycles. The van der Waals surface area contributed by atoms with E-state index in [9.17, 15) is 4.79 Å². The molecule has 4 heteroatoms. The van der Waals surface area contributed by atoms with Crippen molar-refractivity contribution >= 4 is 5.91 Å². The zero-order chi connectivity index (χ0) is 20.8. The van der Waals surface area contributed by atoms with E-state index in [0.717, 1.165) is 48.2 Å². The quantitative estimate of drug-likeness (QED) is 0.540. The zero-order valence-electron chi connectivity index (χ0n) is 17.1. The minimum Gasteiger partial charge on any atom is -0.366 e. The van der Waals surface area contributed by atoms with Crippen molar-refractivity contribution in [2.45, 2.75) is 46.1 Å². The summed E-state index contributed by atoms with van der Waals surface area (Å²) >= 11 is 0. The van der Waals surface area contributed by atoms with Crippen molar-refractivity contribution in [3.63, 3.8) is 0 Å². The van der Waals surface area contributed by atoms with Crippen LogP contribution in [0.2, 0.25) is 0 Å². The smallest absolute Gasteiger partial charge is 0.251 e. The average molecular weight is 386 g/mol. The van der Waals surface area contributed by atoms with Crippen molar-refractivity contribution < 1.29 is 4.79 Å². The number of nitrogens with zero attached hydrogens (tertiary/aromatic N) is 2. The number of carbonyl (C=O) groups excluding carboxylic acids is 1. The maximum atomic E-state index is 12.4. The van der Waals surface area contributed by atoms with Crippen LogP contribution in [0, 0.1) is 18.3 Å². The van der Waals surface area contributed by atoms with Crippen LogP contribution in [0.15, 0.2) is 54.6 Å². The molecule has 0 aliphatic rings. The van der Waals surface area contributed by atoms with E-state index in [-0.39, 0.29) is 0 Å². The molecule has 148 valence electrons. The molecule has 0 fully saturated rings. The molecular formula is C25H27N3O. The number of hydrogen-bond acceptors (Lipinski definition) is 2. The fourth-order valence-electron chi connectivity index (χ4n) is 3.90. The lowest BCUT2D eigenvalue weighted by atomic mass is 9.96. The third-order valence-corrected chi connectivity index (χ3v) is 5.38. The summed E-state index contributed by atoms with van der Waals surface area (Å²) in [7, 11) is 0. The Morgan fingerprint density at radius 3 is 2.34 bits per heavy atom. The van der Waals surface area contributed by atoms with Crippen LogP contribution in [0.5, 0.6) is 0 Å². The summed E-state index contributed by atoms with van der Waals surface area (Å²) in [5.74, 6) is -0.412. The predicted molar refractivity (Wildman–Crippen MR) is 117 cm³/mol. The average Bonchev–Trinajstić information content (AvgIpc) is 3.01. The third-order valence-electron chi connectivity index (χ3n) is 5.38. The van der Waals surface area contributed by atoms with Gasteiger partial charge in [-0.15, -0.1) is 0 Å². The number of nitrogens with two attached hydrogens (primary N) is 1. The molecule has 0 saturated heterocycles. The molecule has 2 N–H and O–H groups in total. The second-order valence-corrected chi connectivity index (χ2v) is 7.36. The number of unbranched alkanes of at least 4 members (excludes halogenated alkanes) is 2. The van der Waals surface area contributed by atoms with Crippen LogP contribution in [-0.4, -0.2) is 10.5 Å². The highest BCUT2D eigenvalue weighted by Gasteiger charge is 2.24. The van der Waals surface area contributed by atoms with Gasteiger partial charge in [-0.1, -0.05) is 62.2 Å². The molecule has 1 amide bonds. The SMILES string of the molecule is CCCCCc1c(-c2ccc(C#N)cc2)c(C(N)=O)c(C)n1Cc1ccccc1. The first kappa shape index (κ1) is 20.4. The van der Waals surface area contributed by atoms with Crippen LogP contribution in [0.1, 0.15) is 59.1 Å². The summed E-state index contributed by atoms with van der Waals surface area (Å²) in [4.78, 5) is 12.4. The number of benzene rings is 2. The van der Waals surface area contributed by atoms with Crippen molar-refractivity contribution in [2.75, 3.05) is 0 Å². The Balaban J connectivity index is 2.18. The lowest BCUT2D eigenvalue weighted by Crippen LogP contribution is -2.13. The molecule has 3 rings (SSSR count). The van der Waals surface area contributed by atoms with Gasteiger partial charge >= 0.3 is 0 Å². The van der Waals surface area contributed by atoms with Gasteiger partial charge in [-0.3, -0.25) is 4.79 Å². The van der Waals surface area contributed by atoms with E-state index in [1.54, 1.807) is 12.1 Å². The summed E-state index contributed by atoms with van der Waals surface area (Å²) in [5.41, 5.74) is 12.1. The van der Waals surface area contributed by atoms with Crippen LogP contribution < -0.4 is 5.73 Å². The van der Waals surface area contributed by atoms with E-state index in [1.807, 2.05) is 37.3 Å². The monoisotopic (exact) mass is 385 g/mol. The summed E-state index contributed by atoms with van der Waals surface area (Å²) in [6.07, 6.45) is 4.20. The van der Waals surface area contributed by atoms with E-state index >= 15 is 0 Å². The highest BCUT2D eigenvalue weighted by molar-refractivity contribution is 6.02. The van der Waals surface area contributed by atoms with Crippen molar-refractivity contribution in [3.8, 4) is 17.2 Å². The molecule has 0 radical (unpaired) electrons. The van der Waals surface area contributed by atoms with Gasteiger partial charge in [0.2, 0.25) is 0 Å². The first-order chi connectivity index (χ1) is 14.1. The van der Waals surface area contributed by atoms with Gasteiger partial charge in [0.1, 0.15) is 0 Å². The molecular weight excluding hydrogens is 358 g/mol. The number of amides is 1. The van der Waals surface area contributed by atoms with E-state index in [2.05, 4.69) is 29.7 Å². The van der Waals surface area contributed by atoms with Gasteiger partial charge < -0.3 is 10.3 Å². The Hall–Kier alpha value is -3.32. The number of aromatic nitrogens is 1. The lowest BCUT2D eigenvalue weighted by Gasteiger charge is -2.14. The largest absolute Gasteiger partial charge is 0.366 e. The van der Waals surface area contributed by atoms with Crippen LogP contribution in [-0.2, 0) is 13.0 Å². The van der Waals surface area contributed by atoms with Gasteiger partial charge in [0.05, 0.1) is 17.2 Å². The van der Waals surface area contributed by atoms with Crippen molar-refractivity contribution in [2.24, 2.45) is 5.73 Å². The minimum atomic E-state index is -0.412. The van der Waals surface area contributed by atoms with Crippen LogP contribution in [0.25, 0.3) is 11.1 Å². The van der Waals surface area contributed by atoms with Gasteiger partial charge in [-0.05, 0) is 43.0 Å². The first-order valence-corrected chi connectivity index (χ1v) is 10.1. The fourth-order valence-corrected chi connectivity index (χ4v) is 3.90. The standard InChI is InChI=1S/C25H27N3O/c1-3-4-6-11-22-24(21-14-12-19(16-26)13-15-21)23(25(27)29)18(2)28(22)17-20-9-7-5-8-10-20/h5,7-10,12-15H,3-4,6,11,17H2,1-2H3,(H2,27,29). The maximum Gasteiger partial charge on any atom is 0.251 e. The molecule has 0 bridgehead atoms. The Morgan fingerprint density at radius 1 is 1.07 bits per heavy atom. The second-order valence-electron chi connectivity index (χ2n) is 7.36. The zero-order valence-corrected chi connectivity index (χ0v) is 17.1. The number of carbonyl (C=O) groups is 1. The van der Waals surface area contributed by atoms with E-state index in [0.29, 0.717) is 17.7 Å². The molecule has 0 aliphatic heterocycles. The topological polar surface area (TPSA) is 71.8 Å². The Bertz CT molecular complexity index is 1020. The summed E-state index contributed by atoms with van der Waals surface area (Å²) < 4.78 is 2.23. The van der Waals surface area contributed by atoms with Crippen molar-refractivity contribution in [1.82, 2.24) is 4.57 Å². The fraction of sp³-hybridized carbons (Fsp3) is 0.280. The molecule has 0 unspecified atom stereocenters. The van der Waals surface area contributed by atoms with E-state index in [4.69, 9.17) is 11.0 Å². The van der Waals surface area contributed by atoms with Crippen LogP contribution in [0.4, 0.5) is 0 Å². The van der Waals surface area contributed by atoms with Crippen LogP contribution >= 0.6 is 0 Å². The molecule has 3 aromatic rings. The minimum absolute atomic E-state index is 0.412. The normalized spacial score (nSPS) is 10.7. The van der Waals surface area contributed by atoms with Gasteiger partial charge in [0.25, 0.3) is 5.91 Å². The molecule has 0 atom stereocenters. The van der Waals surface area contributed by atoms with Gasteiger partial charge in [-0.2, -0.15) is 5.26 Å². The molecule has 0 aliphatic carbocycles. The number of primary amides is 1. The summed E-state index contributed by atoms with van der Waals surface area (Å²) in [6, 6.07) is 19.8. The first-order valence-electron chi connectivity index (χ1n) is 10.1. The van der Waals surface area contributed by atoms with E-state index in [1.165, 1.54) is 5.56 Å².